The van der Waals surface area contributed by atoms with Gasteiger partial charge in [-0.05, 0) is 47.7 Å². The summed E-state index contributed by atoms with van der Waals surface area (Å²) in [5.74, 6) is 0.345. The number of ether oxygens (including phenoxy) is 3. The third kappa shape index (κ3) is 3.35. The number of fused-ring (bicyclic) bond motifs is 3. The summed E-state index contributed by atoms with van der Waals surface area (Å²) in [5.41, 5.74) is 3.50. The van der Waals surface area contributed by atoms with Crippen molar-refractivity contribution in [3.8, 4) is 28.4 Å². The number of hydrogen-bond donors (Lipinski definition) is 2. The largest absolute Gasteiger partial charge is 0.493 e. The first-order chi connectivity index (χ1) is 13.4. The van der Waals surface area contributed by atoms with Gasteiger partial charge in [-0.1, -0.05) is 6.07 Å². The van der Waals surface area contributed by atoms with E-state index in [9.17, 15) is 14.7 Å². The third-order valence-electron chi connectivity index (χ3n) is 4.93. The number of aryl methyl sites for hydroxylation is 1. The zero-order valence-electron chi connectivity index (χ0n) is 16.3. The van der Waals surface area contributed by atoms with E-state index in [0.717, 1.165) is 22.3 Å². The summed E-state index contributed by atoms with van der Waals surface area (Å²) in [6.45, 7) is 1.45. The Morgan fingerprint density at radius 3 is 2.36 bits per heavy atom. The van der Waals surface area contributed by atoms with Crippen molar-refractivity contribution >= 4 is 11.9 Å². The van der Waals surface area contributed by atoms with Gasteiger partial charge in [-0.2, -0.15) is 0 Å². The van der Waals surface area contributed by atoms with Gasteiger partial charge >= 0.3 is 5.97 Å². The van der Waals surface area contributed by atoms with Crippen LogP contribution in [0.2, 0.25) is 0 Å². The number of amides is 1. The predicted molar refractivity (Wildman–Crippen MR) is 103 cm³/mol. The zero-order valence-corrected chi connectivity index (χ0v) is 16.3. The number of carbonyl (C=O) groups excluding carboxylic acids is 1. The molecular formula is C21H23NO6. The molecule has 2 N–H and O–H groups in total. The summed E-state index contributed by atoms with van der Waals surface area (Å²) >= 11 is 0. The van der Waals surface area contributed by atoms with Gasteiger partial charge in [-0.25, -0.2) is 4.79 Å². The molecule has 0 saturated heterocycles. The zero-order chi connectivity index (χ0) is 20.4. The Balaban J connectivity index is 2.33. The number of carboxylic acid groups (broad SMARTS) is 1. The lowest BCUT2D eigenvalue weighted by molar-refractivity contribution is -0.119. The van der Waals surface area contributed by atoms with E-state index in [1.807, 2.05) is 6.07 Å². The van der Waals surface area contributed by atoms with E-state index in [2.05, 4.69) is 5.32 Å². The minimum absolute atomic E-state index is 0.164. The van der Waals surface area contributed by atoms with Crippen LogP contribution in [0.1, 0.15) is 40.9 Å². The lowest BCUT2D eigenvalue weighted by Crippen LogP contribution is -2.26. The molecule has 0 fully saturated rings. The molecule has 0 radical (unpaired) electrons. The Kier molecular flexibility index (Phi) is 5.44. The maximum Gasteiger partial charge on any atom is 0.335 e. The van der Waals surface area contributed by atoms with Crippen molar-refractivity contribution in [1.29, 1.82) is 0 Å². The predicted octanol–water partition coefficient (Wildman–Crippen LogP) is 3.20. The molecule has 0 heterocycles. The highest BCUT2D eigenvalue weighted by Crippen LogP contribution is 2.50. The van der Waals surface area contributed by atoms with Gasteiger partial charge in [0.1, 0.15) is 0 Å². The molecule has 7 nitrogen and oxygen atoms in total. The fourth-order valence-corrected chi connectivity index (χ4v) is 3.76. The van der Waals surface area contributed by atoms with E-state index in [0.29, 0.717) is 30.1 Å². The van der Waals surface area contributed by atoms with Crippen LogP contribution in [0.4, 0.5) is 0 Å². The van der Waals surface area contributed by atoms with Crippen molar-refractivity contribution in [2.24, 2.45) is 0 Å². The van der Waals surface area contributed by atoms with E-state index in [4.69, 9.17) is 14.2 Å². The molecule has 0 saturated carbocycles. The summed E-state index contributed by atoms with van der Waals surface area (Å²) in [4.78, 5) is 23.3. The molecule has 0 aromatic heterocycles. The van der Waals surface area contributed by atoms with Crippen molar-refractivity contribution in [3.05, 3.63) is 41.0 Å². The normalized spacial score (nSPS) is 14.9. The molecule has 0 unspecified atom stereocenters. The van der Waals surface area contributed by atoms with Gasteiger partial charge in [0, 0.05) is 12.5 Å². The second-order valence-corrected chi connectivity index (χ2v) is 6.58. The quantitative estimate of drug-likeness (QED) is 0.821. The fraction of sp³-hybridized carbons (Fsp3) is 0.333. The van der Waals surface area contributed by atoms with E-state index < -0.39 is 5.97 Å². The monoisotopic (exact) mass is 385 g/mol. The molecule has 148 valence electrons. The maximum atomic E-state index is 11.8. The van der Waals surface area contributed by atoms with Gasteiger partial charge < -0.3 is 24.6 Å². The maximum absolute atomic E-state index is 11.8. The molecule has 0 aliphatic heterocycles. The van der Waals surface area contributed by atoms with Crippen LogP contribution in [-0.4, -0.2) is 38.3 Å². The molecule has 0 spiro atoms. The molecule has 2 aromatic carbocycles. The van der Waals surface area contributed by atoms with Crippen molar-refractivity contribution in [1.82, 2.24) is 5.32 Å². The Bertz CT molecular complexity index is 937. The number of carboxylic acids is 1. The second-order valence-electron chi connectivity index (χ2n) is 6.58. The van der Waals surface area contributed by atoms with Crippen molar-refractivity contribution in [2.45, 2.75) is 25.8 Å². The van der Waals surface area contributed by atoms with Gasteiger partial charge in [0.15, 0.2) is 11.5 Å². The average Bonchev–Trinajstić information content (AvgIpc) is 2.82. The SMILES string of the molecule is COc1cc2c(c(OC)c1OC)-c1ccc(C(=O)O)cc1[C@@H](NC(C)=O)CC2. The summed E-state index contributed by atoms with van der Waals surface area (Å²) in [7, 11) is 4.66. The Labute approximate surface area is 163 Å². The number of hydrogen-bond acceptors (Lipinski definition) is 5. The topological polar surface area (TPSA) is 94.1 Å². The van der Waals surface area contributed by atoms with E-state index in [1.165, 1.54) is 14.0 Å². The first-order valence-electron chi connectivity index (χ1n) is 8.87. The highest BCUT2D eigenvalue weighted by atomic mass is 16.5. The molecular weight excluding hydrogens is 362 g/mol. The smallest absolute Gasteiger partial charge is 0.335 e. The summed E-state index contributed by atoms with van der Waals surface area (Å²) < 4.78 is 16.7. The summed E-state index contributed by atoms with van der Waals surface area (Å²) in [6, 6.07) is 6.51. The molecule has 7 heteroatoms. The van der Waals surface area contributed by atoms with Gasteiger partial charge in [0.05, 0.1) is 32.9 Å². The van der Waals surface area contributed by atoms with E-state index >= 15 is 0 Å². The lowest BCUT2D eigenvalue weighted by atomic mass is 9.92. The second kappa shape index (κ2) is 7.80. The minimum Gasteiger partial charge on any atom is -0.493 e. The molecule has 0 bridgehead atoms. The number of rotatable bonds is 5. The molecule has 28 heavy (non-hydrogen) atoms. The highest BCUT2D eigenvalue weighted by molar-refractivity contribution is 5.91. The fourth-order valence-electron chi connectivity index (χ4n) is 3.76. The third-order valence-corrected chi connectivity index (χ3v) is 4.93. The van der Waals surface area contributed by atoms with Crippen LogP contribution in [0.15, 0.2) is 24.3 Å². The van der Waals surface area contributed by atoms with Crippen LogP contribution >= 0.6 is 0 Å². The van der Waals surface area contributed by atoms with Crippen LogP contribution < -0.4 is 19.5 Å². The Morgan fingerprint density at radius 2 is 1.79 bits per heavy atom. The number of nitrogens with one attached hydrogen (secondary N) is 1. The summed E-state index contributed by atoms with van der Waals surface area (Å²) in [5, 5.41) is 12.4. The van der Waals surface area contributed by atoms with E-state index in [-0.39, 0.29) is 17.5 Å². The molecule has 1 atom stereocenters. The van der Waals surface area contributed by atoms with Crippen molar-refractivity contribution in [3.63, 3.8) is 0 Å². The molecule has 2 aromatic rings. The molecule has 1 aliphatic carbocycles. The van der Waals surface area contributed by atoms with Crippen LogP contribution in [0.5, 0.6) is 17.2 Å². The lowest BCUT2D eigenvalue weighted by Gasteiger charge is -2.21. The number of benzene rings is 2. The van der Waals surface area contributed by atoms with E-state index in [1.54, 1.807) is 32.4 Å². The van der Waals surface area contributed by atoms with Gasteiger partial charge in [-0.3, -0.25) is 4.79 Å². The van der Waals surface area contributed by atoms with Crippen LogP contribution in [0.3, 0.4) is 0 Å². The van der Waals surface area contributed by atoms with Crippen LogP contribution in [0, 0.1) is 0 Å². The Hall–Kier alpha value is -3.22. The standard InChI is InChI=1S/C21H23NO6/c1-11(23)22-16-8-6-12-10-17(26-2)19(27-3)20(28-4)18(12)14-7-5-13(21(24)25)9-15(14)16/h5,7,9-10,16H,6,8H2,1-4H3,(H,22,23)(H,24,25)/t16-/m0/s1. The van der Waals surface area contributed by atoms with Crippen molar-refractivity contribution < 1.29 is 28.9 Å². The number of aromatic carboxylic acids is 1. The average molecular weight is 385 g/mol. The first-order valence-corrected chi connectivity index (χ1v) is 8.87. The van der Waals surface area contributed by atoms with Crippen molar-refractivity contribution in [2.75, 3.05) is 21.3 Å². The molecule has 3 rings (SSSR count). The van der Waals surface area contributed by atoms with Crippen LogP contribution in [0.25, 0.3) is 11.1 Å². The molecule has 1 aliphatic rings. The molecule has 1 amide bonds. The van der Waals surface area contributed by atoms with Gasteiger partial charge in [0.25, 0.3) is 0 Å². The minimum atomic E-state index is -1.02. The van der Waals surface area contributed by atoms with Gasteiger partial charge in [-0.15, -0.1) is 0 Å². The number of carbonyl (C=O) groups is 2. The van der Waals surface area contributed by atoms with Gasteiger partial charge in [0.2, 0.25) is 11.7 Å². The Morgan fingerprint density at radius 1 is 1.07 bits per heavy atom. The first kappa shape index (κ1) is 19.5. The highest BCUT2D eigenvalue weighted by Gasteiger charge is 2.29. The number of methoxy groups -OCH3 is 3. The van der Waals surface area contributed by atoms with Crippen LogP contribution in [-0.2, 0) is 11.2 Å². The summed E-state index contributed by atoms with van der Waals surface area (Å²) in [6.07, 6.45) is 1.26.